The molecule has 0 saturated heterocycles. The minimum atomic E-state index is -0.274. The van der Waals surface area contributed by atoms with Crippen molar-refractivity contribution in [2.75, 3.05) is 13.7 Å². The smallest absolute Gasteiger partial charge is 0.256 e. The van der Waals surface area contributed by atoms with Gasteiger partial charge in [-0.1, -0.05) is 12.1 Å². The first-order valence-corrected chi connectivity index (χ1v) is 9.68. The fourth-order valence-corrected chi connectivity index (χ4v) is 3.84. The number of nitrogens with one attached hydrogen (secondary N) is 1. The van der Waals surface area contributed by atoms with Gasteiger partial charge in [0.15, 0.2) is 5.82 Å². The number of ether oxygens (including phenoxy) is 1. The zero-order valence-corrected chi connectivity index (χ0v) is 16.4. The maximum Gasteiger partial charge on any atom is 0.256 e. The Hall–Kier alpha value is -3.94. The third-order valence-electron chi connectivity index (χ3n) is 5.35. The topological polar surface area (TPSA) is 88.9 Å². The lowest BCUT2D eigenvalue weighted by atomic mass is 9.95. The van der Waals surface area contributed by atoms with Gasteiger partial charge in [0.1, 0.15) is 11.8 Å². The number of carbonyl (C=O) groups excluding carboxylic acids is 1. The molecule has 0 spiro atoms. The highest BCUT2D eigenvalue weighted by Gasteiger charge is 2.34. The van der Waals surface area contributed by atoms with Crippen LogP contribution in [0.1, 0.15) is 33.4 Å². The Morgan fingerprint density at radius 1 is 1.17 bits per heavy atom. The number of benzene rings is 1. The van der Waals surface area contributed by atoms with E-state index in [-0.39, 0.29) is 11.9 Å². The second-order valence-electron chi connectivity index (χ2n) is 7.05. The molecular formula is C22H20N6O2. The molecular weight excluding hydrogens is 380 g/mol. The molecule has 0 unspecified atom stereocenters. The number of rotatable bonds is 4. The molecule has 4 heterocycles. The summed E-state index contributed by atoms with van der Waals surface area (Å²) in [7, 11) is 1.64. The van der Waals surface area contributed by atoms with Crippen molar-refractivity contribution in [1.29, 1.82) is 0 Å². The molecule has 150 valence electrons. The summed E-state index contributed by atoms with van der Waals surface area (Å²) in [6.45, 7) is 0.589. The fraction of sp³-hybridized carbons (Fsp3) is 0.182. The summed E-state index contributed by atoms with van der Waals surface area (Å²) in [6.07, 6.45) is 7.52. The number of aromatic nitrogens is 5. The monoisotopic (exact) mass is 400 g/mol. The van der Waals surface area contributed by atoms with Crippen LogP contribution in [0.4, 0.5) is 0 Å². The molecule has 0 radical (unpaired) electrons. The number of aromatic amines is 1. The third-order valence-corrected chi connectivity index (χ3v) is 5.35. The van der Waals surface area contributed by atoms with Crippen molar-refractivity contribution in [1.82, 2.24) is 29.6 Å². The average Bonchev–Trinajstić information content (AvgIpc) is 3.50. The van der Waals surface area contributed by atoms with Crippen LogP contribution in [0.5, 0.6) is 5.75 Å². The van der Waals surface area contributed by atoms with Crippen LogP contribution in [0.3, 0.4) is 0 Å². The maximum atomic E-state index is 13.4. The first-order valence-electron chi connectivity index (χ1n) is 9.68. The average molecular weight is 400 g/mol. The van der Waals surface area contributed by atoms with Crippen LogP contribution in [0.25, 0.3) is 5.82 Å². The molecule has 0 bridgehead atoms. The molecule has 1 aliphatic heterocycles. The lowest BCUT2D eigenvalue weighted by Crippen LogP contribution is -2.40. The number of hydrogen-bond acceptors (Lipinski definition) is 5. The lowest BCUT2D eigenvalue weighted by Gasteiger charge is -2.35. The first kappa shape index (κ1) is 18.1. The van der Waals surface area contributed by atoms with E-state index >= 15 is 0 Å². The lowest BCUT2D eigenvalue weighted by molar-refractivity contribution is 0.0690. The van der Waals surface area contributed by atoms with Crippen molar-refractivity contribution < 1.29 is 9.53 Å². The van der Waals surface area contributed by atoms with Gasteiger partial charge in [-0.05, 0) is 35.9 Å². The van der Waals surface area contributed by atoms with Gasteiger partial charge in [-0.2, -0.15) is 5.10 Å². The molecule has 5 rings (SSSR count). The van der Waals surface area contributed by atoms with Crippen molar-refractivity contribution >= 4 is 5.91 Å². The molecule has 0 fully saturated rings. The molecule has 1 amide bonds. The number of carbonyl (C=O) groups is 1. The number of amides is 1. The summed E-state index contributed by atoms with van der Waals surface area (Å²) < 4.78 is 6.94. The molecule has 1 N–H and O–H groups in total. The molecule has 8 heteroatoms. The van der Waals surface area contributed by atoms with E-state index in [2.05, 4.69) is 20.1 Å². The van der Waals surface area contributed by atoms with Crippen LogP contribution in [0, 0.1) is 0 Å². The zero-order chi connectivity index (χ0) is 20.5. The molecule has 1 atom stereocenters. The van der Waals surface area contributed by atoms with E-state index in [0.29, 0.717) is 17.9 Å². The number of fused-ring (bicyclic) bond motifs is 1. The van der Waals surface area contributed by atoms with Crippen molar-refractivity contribution in [3.63, 3.8) is 0 Å². The summed E-state index contributed by atoms with van der Waals surface area (Å²) in [5.74, 6) is 1.36. The molecule has 0 saturated carbocycles. The van der Waals surface area contributed by atoms with Crippen LogP contribution in [-0.4, -0.2) is 49.2 Å². The Bertz CT molecular complexity index is 1150. The van der Waals surface area contributed by atoms with Gasteiger partial charge in [-0.3, -0.25) is 4.79 Å². The number of hydrogen-bond donors (Lipinski definition) is 1. The highest BCUT2D eigenvalue weighted by atomic mass is 16.5. The summed E-state index contributed by atoms with van der Waals surface area (Å²) in [5.41, 5.74) is 3.45. The molecule has 0 aliphatic carbocycles. The Kier molecular flexibility index (Phi) is 4.51. The summed E-state index contributed by atoms with van der Waals surface area (Å²) in [6, 6.07) is 12.9. The second-order valence-corrected chi connectivity index (χ2v) is 7.05. The molecule has 30 heavy (non-hydrogen) atoms. The van der Waals surface area contributed by atoms with Gasteiger partial charge in [0, 0.05) is 37.3 Å². The van der Waals surface area contributed by atoms with Crippen LogP contribution in [0.2, 0.25) is 0 Å². The second kappa shape index (κ2) is 7.47. The number of nitrogens with zero attached hydrogens (tertiary/aromatic N) is 5. The molecule has 3 aromatic heterocycles. The van der Waals surface area contributed by atoms with E-state index in [1.54, 1.807) is 42.6 Å². The van der Waals surface area contributed by atoms with Crippen LogP contribution < -0.4 is 4.74 Å². The summed E-state index contributed by atoms with van der Waals surface area (Å²) in [5, 5.41) is 4.17. The first-order chi connectivity index (χ1) is 14.7. The van der Waals surface area contributed by atoms with Crippen LogP contribution in [-0.2, 0) is 6.42 Å². The molecule has 1 aromatic carbocycles. The fourth-order valence-electron chi connectivity index (χ4n) is 3.84. The minimum absolute atomic E-state index is 0.0796. The third kappa shape index (κ3) is 3.12. The van der Waals surface area contributed by atoms with Crippen LogP contribution >= 0.6 is 0 Å². The maximum absolute atomic E-state index is 13.4. The van der Waals surface area contributed by atoms with Crippen molar-refractivity contribution in [2.24, 2.45) is 0 Å². The van der Waals surface area contributed by atoms with Gasteiger partial charge in [-0.25, -0.2) is 14.6 Å². The van der Waals surface area contributed by atoms with E-state index in [4.69, 9.17) is 4.74 Å². The zero-order valence-electron chi connectivity index (χ0n) is 16.4. The number of imidazole rings is 1. The summed E-state index contributed by atoms with van der Waals surface area (Å²) in [4.78, 5) is 27.4. The SMILES string of the molecule is COc1ccc([C@H]2c3nc[nH]c3CCN2C(=O)c2ccc(-n3cccn3)nc2)cc1. The van der Waals surface area contributed by atoms with Gasteiger partial charge >= 0.3 is 0 Å². The molecule has 1 aliphatic rings. The van der Waals surface area contributed by atoms with Crippen molar-refractivity contribution in [3.05, 3.63) is 89.9 Å². The highest BCUT2D eigenvalue weighted by Crippen LogP contribution is 2.35. The van der Waals surface area contributed by atoms with E-state index < -0.39 is 0 Å². The Labute approximate surface area is 173 Å². The van der Waals surface area contributed by atoms with Gasteiger partial charge in [0.05, 0.1) is 24.7 Å². The van der Waals surface area contributed by atoms with E-state index in [0.717, 1.165) is 29.1 Å². The Balaban J connectivity index is 1.49. The number of pyridine rings is 1. The molecule has 4 aromatic rings. The van der Waals surface area contributed by atoms with Gasteiger partial charge in [0.2, 0.25) is 0 Å². The Morgan fingerprint density at radius 2 is 2.03 bits per heavy atom. The molecule has 8 nitrogen and oxygen atoms in total. The standard InChI is InChI=1S/C22H20N6O2/c1-30-17-6-3-15(4-7-17)21-20-18(24-14-25-20)9-12-27(21)22(29)16-5-8-19(23-13-16)28-11-2-10-26-28/h2-8,10-11,13-14,21H,9,12H2,1H3,(H,24,25)/t21-/m0/s1. The summed E-state index contributed by atoms with van der Waals surface area (Å²) >= 11 is 0. The Morgan fingerprint density at radius 3 is 2.73 bits per heavy atom. The van der Waals surface area contributed by atoms with Crippen LogP contribution in [0.15, 0.2) is 67.4 Å². The van der Waals surface area contributed by atoms with E-state index in [1.807, 2.05) is 41.4 Å². The van der Waals surface area contributed by atoms with Gasteiger partial charge in [-0.15, -0.1) is 0 Å². The highest BCUT2D eigenvalue weighted by molar-refractivity contribution is 5.94. The quantitative estimate of drug-likeness (QED) is 0.569. The predicted molar refractivity (Wildman–Crippen MR) is 110 cm³/mol. The number of H-pyrrole nitrogens is 1. The van der Waals surface area contributed by atoms with Crippen molar-refractivity contribution in [3.8, 4) is 11.6 Å². The number of methoxy groups -OCH3 is 1. The van der Waals surface area contributed by atoms with E-state index in [9.17, 15) is 4.79 Å². The predicted octanol–water partition coefficient (Wildman–Crippen LogP) is 2.79. The minimum Gasteiger partial charge on any atom is -0.497 e. The van der Waals surface area contributed by atoms with Gasteiger partial charge in [0.25, 0.3) is 5.91 Å². The van der Waals surface area contributed by atoms with Crippen molar-refractivity contribution in [2.45, 2.75) is 12.5 Å². The van der Waals surface area contributed by atoms with E-state index in [1.165, 1.54) is 0 Å². The van der Waals surface area contributed by atoms with Gasteiger partial charge < -0.3 is 14.6 Å². The normalized spacial score (nSPS) is 15.6. The largest absolute Gasteiger partial charge is 0.497 e.